The van der Waals surface area contributed by atoms with Crippen LogP contribution in [-0.2, 0) is 0 Å². The van der Waals surface area contributed by atoms with Crippen LogP contribution in [-0.4, -0.2) is 12.6 Å². The lowest BCUT2D eigenvalue weighted by molar-refractivity contribution is 0.145. The molecule has 1 aliphatic rings. The Bertz CT molecular complexity index is 180. The first kappa shape index (κ1) is 12.8. The van der Waals surface area contributed by atoms with Crippen molar-refractivity contribution in [2.24, 2.45) is 5.41 Å². The average Bonchev–Trinajstić information content (AvgIpc) is 2.25. The van der Waals surface area contributed by atoms with E-state index >= 15 is 0 Å². The maximum absolute atomic E-state index is 3.89. The fourth-order valence-corrected chi connectivity index (χ4v) is 2.81. The quantitative estimate of drug-likeness (QED) is 0.654. The van der Waals surface area contributed by atoms with Gasteiger partial charge in [0.15, 0.2) is 0 Å². The fourth-order valence-electron chi connectivity index (χ4n) is 2.81. The molecule has 0 bridgehead atoms. The van der Waals surface area contributed by atoms with Gasteiger partial charge in [0.25, 0.3) is 0 Å². The van der Waals surface area contributed by atoms with E-state index in [4.69, 9.17) is 0 Å². The van der Waals surface area contributed by atoms with Crippen LogP contribution in [0.25, 0.3) is 0 Å². The maximum atomic E-state index is 3.89. The van der Waals surface area contributed by atoms with E-state index in [1.165, 1.54) is 38.5 Å². The third-order valence-electron chi connectivity index (χ3n) is 3.88. The highest BCUT2D eigenvalue weighted by atomic mass is 14.9. The van der Waals surface area contributed by atoms with E-state index in [0.717, 1.165) is 13.0 Å². The number of nitrogens with one attached hydrogen (secondary N) is 1. The zero-order valence-electron chi connectivity index (χ0n) is 10.5. The van der Waals surface area contributed by atoms with Crippen molar-refractivity contribution in [3.05, 3.63) is 12.7 Å². The summed E-state index contributed by atoms with van der Waals surface area (Å²) in [5, 5.41) is 3.71. The highest BCUT2D eigenvalue weighted by Gasteiger charge is 2.33. The predicted octanol–water partition coefficient (Wildman–Crippen LogP) is 3.90. The summed E-state index contributed by atoms with van der Waals surface area (Å²) in [7, 11) is 0. The first-order chi connectivity index (χ1) is 7.23. The van der Waals surface area contributed by atoms with Crippen molar-refractivity contribution < 1.29 is 0 Å². The Balaban J connectivity index is 2.54. The lowest BCUT2D eigenvalue weighted by Gasteiger charge is -2.41. The van der Waals surface area contributed by atoms with Gasteiger partial charge in [-0.1, -0.05) is 39.2 Å². The molecule has 1 saturated carbocycles. The van der Waals surface area contributed by atoms with Gasteiger partial charge >= 0.3 is 0 Å². The van der Waals surface area contributed by atoms with Crippen molar-refractivity contribution in [2.45, 2.75) is 64.8 Å². The van der Waals surface area contributed by atoms with Crippen molar-refractivity contribution in [2.75, 3.05) is 6.54 Å². The molecule has 0 radical (unpaired) electrons. The molecule has 0 aliphatic heterocycles. The number of hydrogen-bond acceptors (Lipinski definition) is 1. The zero-order chi connectivity index (χ0) is 11.1. The van der Waals surface area contributed by atoms with Gasteiger partial charge in [-0.05, 0) is 37.6 Å². The van der Waals surface area contributed by atoms with E-state index in [1.54, 1.807) is 0 Å². The van der Waals surface area contributed by atoms with Crippen LogP contribution < -0.4 is 5.32 Å². The summed E-state index contributed by atoms with van der Waals surface area (Å²) in [5.41, 5.74) is 0.515. The predicted molar refractivity (Wildman–Crippen MR) is 68.1 cm³/mol. The molecule has 0 spiro atoms. The number of rotatable bonds is 6. The SMILES string of the molecule is C=CCC(NCCC)C1(C)CCCCC1. The van der Waals surface area contributed by atoms with Crippen LogP contribution in [0.2, 0.25) is 0 Å². The minimum Gasteiger partial charge on any atom is -0.313 e. The topological polar surface area (TPSA) is 12.0 Å². The summed E-state index contributed by atoms with van der Waals surface area (Å²) < 4.78 is 0. The normalized spacial score (nSPS) is 22.3. The van der Waals surface area contributed by atoms with E-state index in [-0.39, 0.29) is 0 Å². The van der Waals surface area contributed by atoms with Crippen molar-refractivity contribution in [1.82, 2.24) is 5.32 Å². The molecule has 0 aromatic heterocycles. The largest absolute Gasteiger partial charge is 0.313 e. The number of hydrogen-bond donors (Lipinski definition) is 1. The Hall–Kier alpha value is -0.300. The van der Waals surface area contributed by atoms with E-state index in [0.29, 0.717) is 11.5 Å². The lowest BCUT2D eigenvalue weighted by atomic mass is 9.69. The van der Waals surface area contributed by atoms with Crippen LogP contribution in [0.15, 0.2) is 12.7 Å². The van der Waals surface area contributed by atoms with Crippen LogP contribution >= 0.6 is 0 Å². The first-order valence-electron chi connectivity index (χ1n) is 6.57. The molecule has 0 amide bonds. The summed E-state index contributed by atoms with van der Waals surface area (Å²) in [6, 6.07) is 0.648. The Labute approximate surface area is 95.3 Å². The van der Waals surface area contributed by atoms with Crippen LogP contribution in [0.1, 0.15) is 58.8 Å². The minimum absolute atomic E-state index is 0.515. The zero-order valence-corrected chi connectivity index (χ0v) is 10.5. The van der Waals surface area contributed by atoms with E-state index < -0.39 is 0 Å². The molecule has 1 N–H and O–H groups in total. The van der Waals surface area contributed by atoms with E-state index in [9.17, 15) is 0 Å². The highest BCUT2D eigenvalue weighted by molar-refractivity contribution is 4.93. The van der Waals surface area contributed by atoms with Gasteiger partial charge in [0.1, 0.15) is 0 Å². The maximum Gasteiger partial charge on any atom is 0.0155 e. The molecular formula is C14H27N. The van der Waals surface area contributed by atoms with Gasteiger partial charge < -0.3 is 5.32 Å². The molecule has 1 rings (SSSR count). The molecule has 1 atom stereocenters. The second kappa shape index (κ2) is 6.32. The molecule has 15 heavy (non-hydrogen) atoms. The molecule has 0 aromatic carbocycles. The molecule has 1 fully saturated rings. The summed E-state index contributed by atoms with van der Waals surface area (Å²) in [6.07, 6.45) is 11.5. The molecule has 1 heteroatoms. The van der Waals surface area contributed by atoms with Crippen molar-refractivity contribution >= 4 is 0 Å². The molecule has 1 aliphatic carbocycles. The molecule has 0 heterocycles. The van der Waals surface area contributed by atoms with Crippen LogP contribution in [0.3, 0.4) is 0 Å². The molecule has 88 valence electrons. The van der Waals surface area contributed by atoms with Gasteiger partial charge in [-0.15, -0.1) is 6.58 Å². The van der Waals surface area contributed by atoms with Crippen molar-refractivity contribution in [1.29, 1.82) is 0 Å². The Morgan fingerprint density at radius 1 is 1.33 bits per heavy atom. The third-order valence-corrected chi connectivity index (χ3v) is 3.88. The standard InChI is InChI=1S/C14H27N/c1-4-9-13(15-12-5-2)14(3)10-7-6-8-11-14/h4,13,15H,1,5-12H2,2-3H3. The van der Waals surface area contributed by atoms with Gasteiger partial charge in [-0.3, -0.25) is 0 Å². The van der Waals surface area contributed by atoms with Crippen LogP contribution in [0.4, 0.5) is 0 Å². The minimum atomic E-state index is 0.515. The first-order valence-corrected chi connectivity index (χ1v) is 6.57. The van der Waals surface area contributed by atoms with Gasteiger partial charge in [0.05, 0.1) is 0 Å². The van der Waals surface area contributed by atoms with Gasteiger partial charge in [-0.25, -0.2) is 0 Å². The molecule has 1 unspecified atom stereocenters. The van der Waals surface area contributed by atoms with Crippen LogP contribution in [0.5, 0.6) is 0 Å². The van der Waals surface area contributed by atoms with E-state index in [2.05, 4.69) is 31.8 Å². The Morgan fingerprint density at radius 2 is 2.00 bits per heavy atom. The second-order valence-electron chi connectivity index (χ2n) is 5.25. The van der Waals surface area contributed by atoms with Crippen molar-refractivity contribution in [3.8, 4) is 0 Å². The van der Waals surface area contributed by atoms with Crippen molar-refractivity contribution in [3.63, 3.8) is 0 Å². The van der Waals surface area contributed by atoms with E-state index in [1.807, 2.05) is 0 Å². The van der Waals surface area contributed by atoms with Gasteiger partial charge in [0.2, 0.25) is 0 Å². The molecule has 0 saturated heterocycles. The summed E-state index contributed by atoms with van der Waals surface area (Å²) in [4.78, 5) is 0. The lowest BCUT2D eigenvalue weighted by Crippen LogP contribution is -2.44. The van der Waals surface area contributed by atoms with Gasteiger partial charge in [-0.2, -0.15) is 0 Å². The molecular weight excluding hydrogens is 182 g/mol. The average molecular weight is 209 g/mol. The fraction of sp³-hybridized carbons (Fsp3) is 0.857. The van der Waals surface area contributed by atoms with Crippen LogP contribution in [0, 0.1) is 5.41 Å². The Morgan fingerprint density at radius 3 is 2.53 bits per heavy atom. The Kier molecular flexibility index (Phi) is 5.38. The summed E-state index contributed by atoms with van der Waals surface area (Å²) in [6.45, 7) is 9.74. The summed E-state index contributed by atoms with van der Waals surface area (Å²) in [5.74, 6) is 0. The monoisotopic (exact) mass is 209 g/mol. The smallest absolute Gasteiger partial charge is 0.0155 e. The van der Waals surface area contributed by atoms with Gasteiger partial charge in [0, 0.05) is 6.04 Å². The molecule has 0 aromatic rings. The highest BCUT2D eigenvalue weighted by Crippen LogP contribution is 2.39. The molecule has 1 nitrogen and oxygen atoms in total. The third kappa shape index (κ3) is 3.64. The summed E-state index contributed by atoms with van der Waals surface area (Å²) >= 11 is 0. The second-order valence-corrected chi connectivity index (χ2v) is 5.25.